The fourth-order valence-corrected chi connectivity index (χ4v) is 3.15. The Morgan fingerprint density at radius 2 is 2.21 bits per heavy atom. The van der Waals surface area contributed by atoms with Gasteiger partial charge in [0.15, 0.2) is 0 Å². The summed E-state index contributed by atoms with van der Waals surface area (Å²) in [5.74, 6) is 1.14. The highest BCUT2D eigenvalue weighted by atomic mass is 35.5. The molecule has 128 valence electrons. The van der Waals surface area contributed by atoms with Gasteiger partial charge < -0.3 is 14.8 Å². The highest BCUT2D eigenvalue weighted by molar-refractivity contribution is 6.30. The first-order chi connectivity index (χ1) is 11.6. The van der Waals surface area contributed by atoms with Gasteiger partial charge in [0.2, 0.25) is 5.91 Å². The average molecular weight is 348 g/mol. The second kappa shape index (κ2) is 7.66. The second-order valence-corrected chi connectivity index (χ2v) is 6.70. The number of hydrogen-bond donors (Lipinski definition) is 1. The summed E-state index contributed by atoms with van der Waals surface area (Å²) in [6.07, 6.45) is 8.75. The van der Waals surface area contributed by atoms with E-state index in [2.05, 4.69) is 20.2 Å². The third kappa shape index (κ3) is 4.26. The Hall–Kier alpha value is -2.08. The number of nitrogens with one attached hydrogen (secondary N) is 1. The van der Waals surface area contributed by atoms with Crippen molar-refractivity contribution in [1.29, 1.82) is 0 Å². The lowest BCUT2D eigenvalue weighted by Gasteiger charge is -2.32. The Bertz CT molecular complexity index is 650. The van der Waals surface area contributed by atoms with Gasteiger partial charge in [-0.05, 0) is 31.9 Å². The quantitative estimate of drug-likeness (QED) is 0.901. The lowest BCUT2D eigenvalue weighted by atomic mass is 9.95. The zero-order chi connectivity index (χ0) is 16.9. The summed E-state index contributed by atoms with van der Waals surface area (Å²) in [5.41, 5.74) is 0. The van der Waals surface area contributed by atoms with E-state index in [1.165, 1.54) is 0 Å². The number of pyridine rings is 1. The average Bonchev–Trinajstić information content (AvgIpc) is 3.08. The maximum Gasteiger partial charge on any atom is 0.223 e. The predicted molar refractivity (Wildman–Crippen MR) is 94.0 cm³/mol. The van der Waals surface area contributed by atoms with Crippen LogP contribution in [0.1, 0.15) is 19.8 Å². The van der Waals surface area contributed by atoms with Crippen molar-refractivity contribution in [3.05, 3.63) is 42.1 Å². The van der Waals surface area contributed by atoms with E-state index in [4.69, 9.17) is 11.6 Å². The van der Waals surface area contributed by atoms with Gasteiger partial charge in [0.05, 0.1) is 11.3 Å². The van der Waals surface area contributed by atoms with Crippen molar-refractivity contribution in [3.63, 3.8) is 0 Å². The Balaban J connectivity index is 1.47. The Kier molecular flexibility index (Phi) is 5.35. The third-order valence-corrected chi connectivity index (χ3v) is 4.56. The maximum atomic E-state index is 12.4. The van der Waals surface area contributed by atoms with Crippen LogP contribution >= 0.6 is 11.6 Å². The number of hydrogen-bond acceptors (Lipinski definition) is 4. The maximum absolute atomic E-state index is 12.4. The molecule has 1 aliphatic heterocycles. The Labute approximate surface area is 146 Å². The van der Waals surface area contributed by atoms with Gasteiger partial charge in [-0.25, -0.2) is 9.97 Å². The van der Waals surface area contributed by atoms with Crippen LogP contribution in [0.25, 0.3) is 0 Å². The zero-order valence-corrected chi connectivity index (χ0v) is 14.5. The van der Waals surface area contributed by atoms with Gasteiger partial charge in [-0.3, -0.25) is 4.79 Å². The zero-order valence-electron chi connectivity index (χ0n) is 13.7. The van der Waals surface area contributed by atoms with Crippen molar-refractivity contribution in [2.75, 3.05) is 18.0 Å². The van der Waals surface area contributed by atoms with Gasteiger partial charge in [-0.2, -0.15) is 0 Å². The fourth-order valence-electron chi connectivity index (χ4n) is 3.04. The first-order valence-corrected chi connectivity index (χ1v) is 8.62. The van der Waals surface area contributed by atoms with Crippen molar-refractivity contribution >= 4 is 23.3 Å². The molecule has 2 aromatic heterocycles. The second-order valence-electron chi connectivity index (χ2n) is 6.27. The lowest BCUT2D eigenvalue weighted by Crippen LogP contribution is -2.44. The number of aromatic nitrogens is 3. The van der Waals surface area contributed by atoms with Crippen LogP contribution in [0.15, 0.2) is 37.1 Å². The molecule has 0 radical (unpaired) electrons. The van der Waals surface area contributed by atoms with Crippen LogP contribution in [0.2, 0.25) is 5.02 Å². The van der Waals surface area contributed by atoms with Crippen molar-refractivity contribution in [1.82, 2.24) is 19.9 Å². The Morgan fingerprint density at radius 1 is 1.42 bits per heavy atom. The van der Waals surface area contributed by atoms with E-state index in [1.54, 1.807) is 18.7 Å². The molecule has 7 heteroatoms. The number of piperidine rings is 1. The van der Waals surface area contributed by atoms with Crippen LogP contribution < -0.4 is 10.2 Å². The molecular formula is C17H22ClN5O. The van der Waals surface area contributed by atoms with Gasteiger partial charge in [0.25, 0.3) is 0 Å². The number of halogens is 1. The van der Waals surface area contributed by atoms with Crippen molar-refractivity contribution in [2.24, 2.45) is 5.92 Å². The fraction of sp³-hybridized carbons (Fsp3) is 0.471. The van der Waals surface area contributed by atoms with Crippen LogP contribution in [0.3, 0.4) is 0 Å². The monoisotopic (exact) mass is 347 g/mol. The highest BCUT2D eigenvalue weighted by Crippen LogP contribution is 2.23. The number of imidazole rings is 1. The van der Waals surface area contributed by atoms with Crippen molar-refractivity contribution in [2.45, 2.75) is 32.4 Å². The van der Waals surface area contributed by atoms with Crippen LogP contribution in [-0.4, -0.2) is 39.6 Å². The minimum absolute atomic E-state index is 0.0683. The number of carbonyl (C=O) groups is 1. The minimum Gasteiger partial charge on any atom is -0.357 e. The SMILES string of the molecule is C[C@H](Cn1ccnc1)NC(=O)C1CCN(c2ccc(Cl)cn2)CC1. The van der Waals surface area contributed by atoms with Gasteiger partial charge >= 0.3 is 0 Å². The molecule has 3 heterocycles. The van der Waals surface area contributed by atoms with E-state index >= 15 is 0 Å². The lowest BCUT2D eigenvalue weighted by molar-refractivity contribution is -0.126. The number of rotatable bonds is 5. The summed E-state index contributed by atoms with van der Waals surface area (Å²) in [6, 6.07) is 3.86. The summed E-state index contributed by atoms with van der Waals surface area (Å²) in [6.45, 7) is 4.43. The summed E-state index contributed by atoms with van der Waals surface area (Å²) >= 11 is 5.87. The molecular weight excluding hydrogens is 326 g/mol. The summed E-state index contributed by atoms with van der Waals surface area (Å²) in [5, 5.41) is 3.75. The summed E-state index contributed by atoms with van der Waals surface area (Å²) in [4.78, 5) is 23.0. The molecule has 1 fully saturated rings. The molecule has 0 saturated carbocycles. The largest absolute Gasteiger partial charge is 0.357 e. The first-order valence-electron chi connectivity index (χ1n) is 8.24. The van der Waals surface area contributed by atoms with E-state index in [9.17, 15) is 4.79 Å². The molecule has 3 rings (SSSR count). The Morgan fingerprint density at radius 3 is 2.83 bits per heavy atom. The van der Waals surface area contributed by atoms with Crippen LogP contribution in [0.4, 0.5) is 5.82 Å². The summed E-state index contributed by atoms with van der Waals surface area (Å²) in [7, 11) is 0. The molecule has 1 aliphatic rings. The van der Waals surface area contributed by atoms with E-state index < -0.39 is 0 Å². The van der Waals surface area contributed by atoms with Gasteiger partial charge in [0.1, 0.15) is 5.82 Å². The molecule has 0 aromatic carbocycles. The predicted octanol–water partition coefficient (Wildman–Crippen LogP) is 2.35. The molecule has 1 N–H and O–H groups in total. The number of nitrogens with zero attached hydrogens (tertiary/aromatic N) is 4. The molecule has 0 spiro atoms. The van der Waals surface area contributed by atoms with Gasteiger partial charge in [-0.15, -0.1) is 0 Å². The molecule has 1 atom stereocenters. The first kappa shape index (κ1) is 16.8. The van der Waals surface area contributed by atoms with E-state index in [0.29, 0.717) is 5.02 Å². The third-order valence-electron chi connectivity index (χ3n) is 4.33. The standard InChI is InChI=1S/C17H22ClN5O/c1-13(11-22-9-6-19-12-22)21-17(24)14-4-7-23(8-5-14)16-3-2-15(18)10-20-16/h2-3,6,9-10,12-14H,4-5,7-8,11H2,1H3,(H,21,24)/t13-/m1/s1. The molecule has 24 heavy (non-hydrogen) atoms. The molecule has 1 saturated heterocycles. The van der Waals surface area contributed by atoms with Gasteiger partial charge in [0, 0.05) is 50.2 Å². The smallest absolute Gasteiger partial charge is 0.223 e. The molecule has 0 bridgehead atoms. The molecule has 6 nitrogen and oxygen atoms in total. The van der Waals surface area contributed by atoms with Crippen molar-refractivity contribution in [3.8, 4) is 0 Å². The molecule has 0 unspecified atom stereocenters. The topological polar surface area (TPSA) is 63.1 Å². The molecule has 2 aromatic rings. The van der Waals surface area contributed by atoms with Crippen LogP contribution in [0.5, 0.6) is 0 Å². The molecule has 1 amide bonds. The number of amides is 1. The van der Waals surface area contributed by atoms with E-state index in [1.807, 2.05) is 29.8 Å². The normalized spacial score (nSPS) is 16.8. The van der Waals surface area contributed by atoms with Crippen LogP contribution in [-0.2, 0) is 11.3 Å². The summed E-state index contributed by atoms with van der Waals surface area (Å²) < 4.78 is 1.97. The highest BCUT2D eigenvalue weighted by Gasteiger charge is 2.26. The number of carbonyl (C=O) groups excluding carboxylic acids is 1. The number of anilines is 1. The van der Waals surface area contributed by atoms with Crippen LogP contribution in [0, 0.1) is 5.92 Å². The molecule has 0 aliphatic carbocycles. The van der Waals surface area contributed by atoms with E-state index in [-0.39, 0.29) is 17.9 Å². The van der Waals surface area contributed by atoms with E-state index in [0.717, 1.165) is 38.3 Å². The van der Waals surface area contributed by atoms with Crippen molar-refractivity contribution < 1.29 is 4.79 Å². The minimum atomic E-state index is 0.0683. The van der Waals surface area contributed by atoms with Gasteiger partial charge in [-0.1, -0.05) is 11.6 Å².